The van der Waals surface area contributed by atoms with Gasteiger partial charge >= 0.3 is 0 Å². The zero-order valence-electron chi connectivity index (χ0n) is 14.2. The van der Waals surface area contributed by atoms with Gasteiger partial charge in [-0.25, -0.2) is 9.99 Å². The van der Waals surface area contributed by atoms with Crippen molar-refractivity contribution in [2.45, 2.75) is 63.1 Å². The Morgan fingerprint density at radius 2 is 2.20 bits per heavy atom. The molecule has 2 saturated heterocycles. The lowest BCUT2D eigenvalue weighted by atomic mass is 9.79. The molecule has 2 N–H and O–H groups in total. The molecule has 4 rings (SSSR count). The van der Waals surface area contributed by atoms with Crippen LogP contribution in [0.1, 0.15) is 61.3 Å². The number of nitrogens with one attached hydrogen (secondary N) is 1. The van der Waals surface area contributed by atoms with E-state index < -0.39 is 5.54 Å². The maximum absolute atomic E-state index is 12.9. The van der Waals surface area contributed by atoms with Crippen LogP contribution < -0.4 is 5.43 Å². The van der Waals surface area contributed by atoms with Gasteiger partial charge in [0.1, 0.15) is 6.26 Å². The number of carbonyl (C=O) groups excluding carboxylic acids is 2. The first-order chi connectivity index (χ1) is 12.1. The number of nitrogens with zero attached hydrogens (tertiary/aromatic N) is 3. The smallest absolute Gasteiger partial charge is 0.294 e. The van der Waals surface area contributed by atoms with Gasteiger partial charge < -0.3 is 9.52 Å². The Balaban J connectivity index is 1.47. The number of hydrogen-bond acceptors (Lipinski definition) is 6. The molecule has 0 unspecified atom stereocenters. The van der Waals surface area contributed by atoms with E-state index in [1.54, 1.807) is 0 Å². The van der Waals surface area contributed by atoms with E-state index in [4.69, 9.17) is 4.42 Å². The standard InChI is InChI=1S/C17H24N4O4/c22-12-4-7-20(9-12)10-15-18-13(11-25-15)16(24)21-17(8-14(23)19-21)5-2-1-3-6-17/h11-12,22H,1-10H2,(H,19,23)/t12-/m0/s1. The third-order valence-electron chi connectivity index (χ3n) is 5.57. The molecule has 1 spiro atoms. The van der Waals surface area contributed by atoms with Gasteiger partial charge in [-0.15, -0.1) is 0 Å². The Kier molecular flexibility index (Phi) is 4.24. The number of aliphatic hydroxyl groups is 1. The third kappa shape index (κ3) is 3.16. The fourth-order valence-corrected chi connectivity index (χ4v) is 4.28. The van der Waals surface area contributed by atoms with Crippen LogP contribution in [0.5, 0.6) is 0 Å². The zero-order chi connectivity index (χ0) is 17.4. The van der Waals surface area contributed by atoms with Gasteiger partial charge in [0.2, 0.25) is 11.8 Å². The molecule has 2 amide bonds. The predicted molar refractivity (Wildman–Crippen MR) is 87.1 cm³/mol. The molecule has 2 aliphatic heterocycles. The molecule has 1 saturated carbocycles. The van der Waals surface area contributed by atoms with Crippen LogP contribution in [0.2, 0.25) is 0 Å². The monoisotopic (exact) mass is 348 g/mol. The Hall–Kier alpha value is -1.93. The van der Waals surface area contributed by atoms with Crippen molar-refractivity contribution in [2.24, 2.45) is 0 Å². The van der Waals surface area contributed by atoms with Crippen LogP contribution in [0.3, 0.4) is 0 Å². The maximum Gasteiger partial charge on any atom is 0.294 e. The molecule has 25 heavy (non-hydrogen) atoms. The van der Waals surface area contributed by atoms with E-state index in [0.29, 0.717) is 25.4 Å². The Morgan fingerprint density at radius 3 is 2.92 bits per heavy atom. The highest BCUT2D eigenvalue weighted by molar-refractivity contribution is 5.96. The molecule has 3 aliphatic rings. The van der Waals surface area contributed by atoms with Crippen molar-refractivity contribution in [1.29, 1.82) is 0 Å². The van der Waals surface area contributed by atoms with Crippen molar-refractivity contribution in [1.82, 2.24) is 20.3 Å². The summed E-state index contributed by atoms with van der Waals surface area (Å²) in [4.78, 5) is 31.2. The number of hydrazine groups is 1. The summed E-state index contributed by atoms with van der Waals surface area (Å²) in [5.74, 6) is 0.0508. The molecule has 1 aromatic rings. The molecule has 1 aromatic heterocycles. The second-order valence-corrected chi connectivity index (χ2v) is 7.44. The molecule has 0 bridgehead atoms. The maximum atomic E-state index is 12.9. The molecule has 8 nitrogen and oxygen atoms in total. The summed E-state index contributed by atoms with van der Waals surface area (Å²) in [7, 11) is 0. The highest BCUT2D eigenvalue weighted by atomic mass is 16.3. The highest BCUT2D eigenvalue weighted by Gasteiger charge is 2.49. The highest BCUT2D eigenvalue weighted by Crippen LogP contribution is 2.39. The number of oxazole rings is 1. The molecule has 8 heteroatoms. The lowest BCUT2D eigenvalue weighted by Crippen LogP contribution is -2.52. The minimum absolute atomic E-state index is 0.106. The van der Waals surface area contributed by atoms with E-state index in [2.05, 4.69) is 10.4 Å². The van der Waals surface area contributed by atoms with Crippen LogP contribution in [0.25, 0.3) is 0 Å². The van der Waals surface area contributed by atoms with Gasteiger partial charge in [0, 0.05) is 13.1 Å². The fourth-order valence-electron chi connectivity index (χ4n) is 4.28. The zero-order valence-corrected chi connectivity index (χ0v) is 14.2. The largest absolute Gasteiger partial charge is 0.447 e. The van der Waals surface area contributed by atoms with E-state index in [1.807, 2.05) is 4.90 Å². The predicted octanol–water partition coefficient (Wildman–Crippen LogP) is 0.821. The Bertz CT molecular complexity index is 667. The number of hydrogen-bond donors (Lipinski definition) is 2. The molecule has 0 radical (unpaired) electrons. The van der Waals surface area contributed by atoms with Crippen molar-refractivity contribution in [3.63, 3.8) is 0 Å². The van der Waals surface area contributed by atoms with Crippen LogP contribution >= 0.6 is 0 Å². The number of β-amino-alcohol motifs (C(OH)–C–C–N with tert-alkyl or cyclic N) is 1. The summed E-state index contributed by atoms with van der Waals surface area (Å²) in [5, 5.41) is 11.1. The van der Waals surface area contributed by atoms with Crippen LogP contribution in [0.4, 0.5) is 0 Å². The molecule has 1 atom stereocenters. The van der Waals surface area contributed by atoms with Gasteiger partial charge in [0.25, 0.3) is 5.91 Å². The number of carbonyl (C=O) groups is 2. The van der Waals surface area contributed by atoms with Crippen molar-refractivity contribution in [3.8, 4) is 0 Å². The van der Waals surface area contributed by atoms with Crippen LogP contribution in [-0.2, 0) is 11.3 Å². The average molecular weight is 348 g/mol. The second kappa shape index (κ2) is 6.42. The van der Waals surface area contributed by atoms with Gasteiger partial charge in [-0.3, -0.25) is 19.9 Å². The van der Waals surface area contributed by atoms with E-state index >= 15 is 0 Å². The lowest BCUT2D eigenvalue weighted by Gasteiger charge is -2.39. The van der Waals surface area contributed by atoms with E-state index in [-0.39, 0.29) is 23.6 Å². The quantitative estimate of drug-likeness (QED) is 0.839. The Morgan fingerprint density at radius 1 is 1.40 bits per heavy atom. The van der Waals surface area contributed by atoms with Gasteiger partial charge in [0.15, 0.2) is 5.69 Å². The summed E-state index contributed by atoms with van der Waals surface area (Å²) < 4.78 is 5.45. The van der Waals surface area contributed by atoms with E-state index in [1.165, 1.54) is 11.3 Å². The topological polar surface area (TPSA) is 98.9 Å². The third-order valence-corrected chi connectivity index (χ3v) is 5.57. The first-order valence-electron chi connectivity index (χ1n) is 9.05. The molecular weight excluding hydrogens is 324 g/mol. The first-order valence-corrected chi connectivity index (χ1v) is 9.05. The van der Waals surface area contributed by atoms with Crippen LogP contribution in [0, 0.1) is 0 Å². The minimum Gasteiger partial charge on any atom is -0.447 e. The van der Waals surface area contributed by atoms with Crippen molar-refractivity contribution in [3.05, 3.63) is 17.8 Å². The van der Waals surface area contributed by atoms with Gasteiger partial charge in [-0.1, -0.05) is 19.3 Å². The second-order valence-electron chi connectivity index (χ2n) is 7.44. The minimum atomic E-state index is -0.412. The molecule has 136 valence electrons. The number of aliphatic hydroxyl groups excluding tert-OH is 1. The molecule has 0 aromatic carbocycles. The number of rotatable bonds is 3. The van der Waals surface area contributed by atoms with Gasteiger partial charge in [-0.05, 0) is 19.3 Å². The van der Waals surface area contributed by atoms with Gasteiger partial charge in [0.05, 0.1) is 24.6 Å². The van der Waals surface area contributed by atoms with E-state index in [0.717, 1.165) is 45.1 Å². The Labute approximate surface area is 146 Å². The molecular formula is C17H24N4O4. The first kappa shape index (κ1) is 16.5. The summed E-state index contributed by atoms with van der Waals surface area (Å²) >= 11 is 0. The number of likely N-dealkylation sites (tertiary alicyclic amines) is 1. The lowest BCUT2D eigenvalue weighted by molar-refractivity contribution is -0.120. The SMILES string of the molecule is O=C1CC2(CCCCC2)N(C(=O)c2coc(CN3CC[C@H](O)C3)n2)N1. The number of amides is 2. The van der Waals surface area contributed by atoms with Crippen LogP contribution in [0.15, 0.2) is 10.7 Å². The molecule has 1 aliphatic carbocycles. The average Bonchev–Trinajstić information content (AvgIpc) is 3.29. The number of aromatic nitrogens is 1. The molecule has 3 heterocycles. The fraction of sp³-hybridized carbons (Fsp3) is 0.706. The summed E-state index contributed by atoms with van der Waals surface area (Å²) in [5.41, 5.74) is 2.53. The van der Waals surface area contributed by atoms with Crippen molar-refractivity contribution >= 4 is 11.8 Å². The normalized spacial score (nSPS) is 26.4. The van der Waals surface area contributed by atoms with Crippen molar-refractivity contribution in [2.75, 3.05) is 13.1 Å². The summed E-state index contributed by atoms with van der Waals surface area (Å²) in [6, 6.07) is 0. The summed E-state index contributed by atoms with van der Waals surface area (Å²) in [6.07, 6.45) is 7.06. The van der Waals surface area contributed by atoms with E-state index in [9.17, 15) is 14.7 Å². The summed E-state index contributed by atoms with van der Waals surface area (Å²) in [6.45, 7) is 1.86. The van der Waals surface area contributed by atoms with Crippen molar-refractivity contribution < 1.29 is 19.1 Å². The van der Waals surface area contributed by atoms with Gasteiger partial charge in [-0.2, -0.15) is 0 Å². The molecule has 3 fully saturated rings. The van der Waals surface area contributed by atoms with Crippen LogP contribution in [-0.4, -0.2) is 56.5 Å².